The quantitative estimate of drug-likeness (QED) is 0.877. The van der Waals surface area contributed by atoms with Crippen LogP contribution in [0.3, 0.4) is 0 Å². The highest BCUT2D eigenvalue weighted by Gasteiger charge is 2.07. The van der Waals surface area contributed by atoms with Crippen LogP contribution in [0.25, 0.3) is 10.9 Å². The van der Waals surface area contributed by atoms with Crippen LogP contribution in [0.1, 0.15) is 42.2 Å². The average molecular weight is 229 g/mol. The number of benzene rings is 1. The summed E-state index contributed by atoms with van der Waals surface area (Å²) in [5.74, 6) is -0.476. The van der Waals surface area contributed by atoms with Gasteiger partial charge in [-0.15, -0.1) is 0 Å². The van der Waals surface area contributed by atoms with Gasteiger partial charge in [0.2, 0.25) is 0 Å². The summed E-state index contributed by atoms with van der Waals surface area (Å²) in [4.78, 5) is 14.9. The van der Waals surface area contributed by atoms with Crippen molar-refractivity contribution in [2.45, 2.75) is 26.2 Å². The summed E-state index contributed by atoms with van der Waals surface area (Å²) in [6.45, 7) is 4.33. The third-order valence-electron chi connectivity index (χ3n) is 3.11. The van der Waals surface area contributed by atoms with Gasteiger partial charge < -0.3 is 5.11 Å². The van der Waals surface area contributed by atoms with Gasteiger partial charge in [-0.2, -0.15) is 0 Å². The lowest BCUT2D eigenvalue weighted by molar-refractivity contribution is 0.0691. The lowest BCUT2D eigenvalue weighted by Crippen LogP contribution is -2.00. The van der Waals surface area contributed by atoms with Crippen LogP contribution >= 0.6 is 0 Å². The Balaban J connectivity index is 2.50. The van der Waals surface area contributed by atoms with Gasteiger partial charge in [0, 0.05) is 5.39 Å². The van der Waals surface area contributed by atoms with E-state index in [0.717, 1.165) is 17.3 Å². The van der Waals surface area contributed by atoms with Crippen molar-refractivity contribution in [3.8, 4) is 0 Å². The maximum Gasteiger partial charge on any atom is 0.354 e. The maximum atomic E-state index is 10.8. The maximum absolute atomic E-state index is 10.8. The van der Waals surface area contributed by atoms with Gasteiger partial charge in [0.25, 0.3) is 0 Å². The first-order chi connectivity index (χ1) is 8.11. The third kappa shape index (κ3) is 2.28. The zero-order valence-electron chi connectivity index (χ0n) is 9.97. The zero-order chi connectivity index (χ0) is 12.4. The van der Waals surface area contributed by atoms with Crippen LogP contribution < -0.4 is 0 Å². The molecule has 0 amide bonds. The van der Waals surface area contributed by atoms with Crippen LogP contribution in [-0.4, -0.2) is 16.1 Å². The molecule has 0 aliphatic heterocycles. The molecule has 0 spiro atoms. The largest absolute Gasteiger partial charge is 0.477 e. The number of aromatic carboxylic acids is 1. The predicted octanol–water partition coefficient (Wildman–Crippen LogP) is 3.45. The third-order valence-corrected chi connectivity index (χ3v) is 3.11. The molecule has 1 aromatic heterocycles. The molecule has 2 rings (SSSR count). The Kier molecular flexibility index (Phi) is 3.09. The van der Waals surface area contributed by atoms with Crippen molar-refractivity contribution < 1.29 is 9.90 Å². The van der Waals surface area contributed by atoms with Crippen LogP contribution in [0, 0.1) is 0 Å². The molecule has 1 N–H and O–H groups in total. The Bertz CT molecular complexity index is 563. The number of nitrogens with zero attached hydrogens (tertiary/aromatic N) is 1. The number of carboxylic acid groups (broad SMARTS) is 1. The van der Waals surface area contributed by atoms with E-state index in [1.54, 1.807) is 6.07 Å². The molecule has 0 saturated carbocycles. The Hall–Kier alpha value is -1.90. The van der Waals surface area contributed by atoms with Gasteiger partial charge in [-0.25, -0.2) is 9.78 Å². The predicted molar refractivity (Wildman–Crippen MR) is 67.4 cm³/mol. The molecule has 1 aromatic carbocycles. The number of fused-ring (bicyclic) bond motifs is 1. The fourth-order valence-electron chi connectivity index (χ4n) is 1.81. The van der Waals surface area contributed by atoms with Crippen LogP contribution in [0.2, 0.25) is 0 Å². The average Bonchev–Trinajstić information content (AvgIpc) is 2.36. The van der Waals surface area contributed by atoms with Crippen molar-refractivity contribution >= 4 is 16.9 Å². The zero-order valence-corrected chi connectivity index (χ0v) is 9.97. The highest BCUT2D eigenvalue weighted by atomic mass is 16.4. The molecule has 1 atom stereocenters. The summed E-state index contributed by atoms with van der Waals surface area (Å²) in [6.07, 6.45) is 1.09. The standard InChI is InChI=1S/C14H15NO2/c1-3-9(2)10-4-6-12-11(8-10)5-7-13(15-12)14(16)17/h4-9H,3H2,1-2H3,(H,16,17). The summed E-state index contributed by atoms with van der Waals surface area (Å²) >= 11 is 0. The summed E-state index contributed by atoms with van der Waals surface area (Å²) in [5.41, 5.74) is 2.09. The van der Waals surface area contributed by atoms with E-state index in [1.165, 1.54) is 5.56 Å². The molecule has 17 heavy (non-hydrogen) atoms. The van der Waals surface area contributed by atoms with Gasteiger partial charge in [-0.1, -0.05) is 26.0 Å². The van der Waals surface area contributed by atoms with Crippen molar-refractivity contribution in [3.63, 3.8) is 0 Å². The number of carboxylic acids is 1. The smallest absolute Gasteiger partial charge is 0.354 e. The van der Waals surface area contributed by atoms with E-state index in [-0.39, 0.29) is 5.69 Å². The minimum atomic E-state index is -0.988. The molecule has 88 valence electrons. The number of aromatic nitrogens is 1. The minimum absolute atomic E-state index is 0.0915. The molecule has 1 unspecified atom stereocenters. The van der Waals surface area contributed by atoms with Gasteiger partial charge in [0.1, 0.15) is 5.69 Å². The van der Waals surface area contributed by atoms with Crippen molar-refractivity contribution in [2.75, 3.05) is 0 Å². The molecule has 0 bridgehead atoms. The molecule has 0 aliphatic rings. The Labute approximate surface area is 100 Å². The van der Waals surface area contributed by atoms with Crippen LogP contribution in [-0.2, 0) is 0 Å². The first-order valence-corrected chi connectivity index (χ1v) is 5.76. The summed E-state index contributed by atoms with van der Waals surface area (Å²) < 4.78 is 0. The van der Waals surface area contributed by atoms with Gasteiger partial charge >= 0.3 is 5.97 Å². The fraction of sp³-hybridized carbons (Fsp3) is 0.286. The second-order valence-corrected chi connectivity index (χ2v) is 4.26. The molecule has 0 saturated heterocycles. The van der Waals surface area contributed by atoms with Crippen molar-refractivity contribution in [3.05, 3.63) is 41.6 Å². The second-order valence-electron chi connectivity index (χ2n) is 4.26. The van der Waals surface area contributed by atoms with Crippen molar-refractivity contribution in [2.24, 2.45) is 0 Å². The molecule has 3 nitrogen and oxygen atoms in total. The normalized spacial score (nSPS) is 12.6. The first-order valence-electron chi connectivity index (χ1n) is 5.76. The van der Waals surface area contributed by atoms with Gasteiger partial charge in [-0.3, -0.25) is 0 Å². The number of hydrogen-bond donors (Lipinski definition) is 1. The fourth-order valence-corrected chi connectivity index (χ4v) is 1.81. The highest BCUT2D eigenvalue weighted by Crippen LogP contribution is 2.22. The molecule has 0 aliphatic carbocycles. The molecular weight excluding hydrogens is 214 g/mol. The lowest BCUT2D eigenvalue weighted by atomic mass is 9.97. The Morgan fingerprint density at radius 1 is 1.35 bits per heavy atom. The van der Waals surface area contributed by atoms with Crippen LogP contribution in [0.4, 0.5) is 0 Å². The monoisotopic (exact) mass is 229 g/mol. The molecule has 3 heteroatoms. The highest BCUT2D eigenvalue weighted by molar-refractivity contribution is 5.89. The molecule has 0 radical (unpaired) electrons. The van der Waals surface area contributed by atoms with Gasteiger partial charge in [0.15, 0.2) is 0 Å². The van der Waals surface area contributed by atoms with E-state index >= 15 is 0 Å². The number of pyridine rings is 1. The Morgan fingerprint density at radius 3 is 2.76 bits per heavy atom. The van der Waals surface area contributed by atoms with E-state index in [2.05, 4.69) is 24.9 Å². The number of hydrogen-bond acceptors (Lipinski definition) is 2. The SMILES string of the molecule is CCC(C)c1ccc2nc(C(=O)O)ccc2c1. The molecule has 2 aromatic rings. The van der Waals surface area contributed by atoms with E-state index in [0.29, 0.717) is 5.92 Å². The van der Waals surface area contributed by atoms with Gasteiger partial charge in [0.05, 0.1) is 5.52 Å². The Morgan fingerprint density at radius 2 is 2.12 bits per heavy atom. The summed E-state index contributed by atoms with van der Waals surface area (Å²) in [7, 11) is 0. The van der Waals surface area contributed by atoms with E-state index in [9.17, 15) is 4.79 Å². The molecule has 0 fully saturated rings. The van der Waals surface area contributed by atoms with Crippen LogP contribution in [0.5, 0.6) is 0 Å². The first kappa shape index (κ1) is 11.6. The van der Waals surface area contributed by atoms with Crippen molar-refractivity contribution in [1.29, 1.82) is 0 Å². The van der Waals surface area contributed by atoms with E-state index in [1.807, 2.05) is 18.2 Å². The second kappa shape index (κ2) is 4.53. The molecular formula is C14H15NO2. The number of rotatable bonds is 3. The molecule has 1 heterocycles. The summed E-state index contributed by atoms with van der Waals surface area (Å²) in [6, 6.07) is 9.36. The number of carbonyl (C=O) groups is 1. The van der Waals surface area contributed by atoms with Crippen molar-refractivity contribution in [1.82, 2.24) is 4.98 Å². The topological polar surface area (TPSA) is 50.2 Å². The lowest BCUT2D eigenvalue weighted by Gasteiger charge is -2.09. The van der Waals surface area contributed by atoms with Crippen LogP contribution in [0.15, 0.2) is 30.3 Å². The van der Waals surface area contributed by atoms with Gasteiger partial charge in [-0.05, 0) is 36.1 Å². The van der Waals surface area contributed by atoms with E-state index < -0.39 is 5.97 Å². The van der Waals surface area contributed by atoms with E-state index in [4.69, 9.17) is 5.11 Å². The minimum Gasteiger partial charge on any atom is -0.477 e. The summed E-state index contributed by atoms with van der Waals surface area (Å²) in [5, 5.41) is 9.86.